The zero-order valence-corrected chi connectivity index (χ0v) is 27.5. The van der Waals surface area contributed by atoms with Crippen molar-refractivity contribution in [3.8, 4) is 0 Å². The monoisotopic (exact) mass is 646 g/mol. The fraction of sp³-hybridized carbons (Fsp3) is 0.765. The van der Waals surface area contributed by atoms with Crippen LogP contribution in [0.4, 0.5) is 0 Å². The van der Waals surface area contributed by atoms with Gasteiger partial charge in [0, 0.05) is 33.1 Å². The lowest BCUT2D eigenvalue weighted by molar-refractivity contribution is -0.300. The Labute approximate surface area is 269 Å². The normalized spacial score (nSPS) is 39.9. The van der Waals surface area contributed by atoms with E-state index in [1.165, 1.54) is 5.57 Å². The van der Waals surface area contributed by atoms with Crippen LogP contribution in [-0.4, -0.2) is 79.9 Å². The minimum absolute atomic E-state index is 0.0338. The van der Waals surface area contributed by atoms with Gasteiger partial charge in [-0.1, -0.05) is 19.4 Å². The Hall–Kier alpha value is -3.12. The van der Waals surface area contributed by atoms with Gasteiger partial charge in [0.05, 0.1) is 7.11 Å². The van der Waals surface area contributed by atoms with E-state index in [0.717, 1.165) is 72.8 Å². The summed E-state index contributed by atoms with van der Waals surface area (Å²) in [5.41, 5.74) is 1.11. The fourth-order valence-electron chi connectivity index (χ4n) is 9.57. The number of ketones is 2. The smallest absolute Gasteiger partial charge is 0.339 e. The molecule has 4 aliphatic carbocycles. The molecule has 46 heavy (non-hydrogen) atoms. The van der Waals surface area contributed by atoms with Gasteiger partial charge in [0.15, 0.2) is 42.3 Å². The summed E-state index contributed by atoms with van der Waals surface area (Å²) in [7, 11) is 1.11. The van der Waals surface area contributed by atoms with Crippen LogP contribution >= 0.6 is 0 Å². The number of carbonyl (C=O) groups is 6. The molecule has 0 N–H and O–H groups in total. The fourth-order valence-corrected chi connectivity index (χ4v) is 9.57. The van der Waals surface area contributed by atoms with Crippen molar-refractivity contribution in [2.45, 2.75) is 117 Å². The molecule has 0 bridgehead atoms. The number of fused-ring (bicyclic) bond motifs is 5. The third-order valence-corrected chi connectivity index (χ3v) is 11.6. The summed E-state index contributed by atoms with van der Waals surface area (Å²) in [6.45, 7) is 7.50. The van der Waals surface area contributed by atoms with Crippen LogP contribution in [0.15, 0.2) is 11.6 Å². The van der Waals surface area contributed by atoms with Crippen molar-refractivity contribution in [3.63, 3.8) is 0 Å². The van der Waals surface area contributed by atoms with Crippen LogP contribution in [0, 0.1) is 34.5 Å². The van der Waals surface area contributed by atoms with Gasteiger partial charge in [0.25, 0.3) is 0 Å². The minimum atomic E-state index is -1.59. The second-order valence-corrected chi connectivity index (χ2v) is 14.1. The Morgan fingerprint density at radius 2 is 1.48 bits per heavy atom. The van der Waals surface area contributed by atoms with Gasteiger partial charge in [-0.15, -0.1) is 0 Å². The van der Waals surface area contributed by atoms with Gasteiger partial charge >= 0.3 is 23.9 Å². The molecule has 12 heteroatoms. The number of allylic oxidation sites excluding steroid dienone is 1. The van der Waals surface area contributed by atoms with Gasteiger partial charge in [0.2, 0.25) is 0 Å². The predicted octanol–water partition coefficient (Wildman–Crippen LogP) is 3.41. The molecule has 5 aliphatic rings. The summed E-state index contributed by atoms with van der Waals surface area (Å²) in [5.74, 6) is -2.12. The number of carbonyl (C=O) groups excluding carboxylic acids is 6. The number of hydrogen-bond acceptors (Lipinski definition) is 12. The summed E-state index contributed by atoms with van der Waals surface area (Å²) < 4.78 is 32.8. The highest BCUT2D eigenvalue weighted by molar-refractivity contribution is 5.91. The van der Waals surface area contributed by atoms with Crippen LogP contribution in [0.5, 0.6) is 0 Å². The van der Waals surface area contributed by atoms with Crippen molar-refractivity contribution in [3.05, 3.63) is 11.6 Å². The maximum absolute atomic E-state index is 13.9. The zero-order chi connectivity index (χ0) is 33.6. The van der Waals surface area contributed by atoms with Gasteiger partial charge in [-0.3, -0.25) is 24.0 Å². The van der Waals surface area contributed by atoms with E-state index in [-0.39, 0.29) is 28.3 Å². The average molecular weight is 647 g/mol. The lowest BCUT2D eigenvalue weighted by atomic mass is 9.46. The molecule has 1 heterocycles. The van der Waals surface area contributed by atoms with Crippen LogP contribution < -0.4 is 0 Å². The van der Waals surface area contributed by atoms with E-state index in [4.69, 9.17) is 28.4 Å². The third kappa shape index (κ3) is 6.26. The predicted molar refractivity (Wildman–Crippen MR) is 158 cm³/mol. The second kappa shape index (κ2) is 13.2. The highest BCUT2D eigenvalue weighted by Gasteiger charge is 2.60. The van der Waals surface area contributed by atoms with Crippen LogP contribution in [0.25, 0.3) is 0 Å². The molecule has 0 aromatic rings. The first-order valence-electron chi connectivity index (χ1n) is 16.3. The number of esters is 4. The summed E-state index contributed by atoms with van der Waals surface area (Å²) >= 11 is 0. The molecule has 12 nitrogen and oxygen atoms in total. The van der Waals surface area contributed by atoms with Crippen molar-refractivity contribution >= 4 is 35.4 Å². The quantitative estimate of drug-likeness (QED) is 0.280. The van der Waals surface area contributed by atoms with E-state index in [1.807, 2.05) is 6.08 Å². The van der Waals surface area contributed by atoms with E-state index in [9.17, 15) is 28.8 Å². The Morgan fingerprint density at radius 3 is 2.13 bits per heavy atom. The molecule has 0 aromatic heterocycles. The molecule has 4 fully saturated rings. The zero-order valence-electron chi connectivity index (χ0n) is 27.5. The van der Waals surface area contributed by atoms with Crippen LogP contribution in [0.1, 0.15) is 86.0 Å². The summed E-state index contributed by atoms with van der Waals surface area (Å²) in [6.07, 6.45) is 1.34. The molecule has 0 aromatic carbocycles. The first-order valence-corrected chi connectivity index (χ1v) is 16.3. The van der Waals surface area contributed by atoms with E-state index in [2.05, 4.69) is 13.8 Å². The molecule has 11 atom stereocenters. The Morgan fingerprint density at radius 1 is 0.826 bits per heavy atom. The molecular weight excluding hydrogens is 600 g/mol. The Bertz CT molecular complexity index is 1300. The number of ether oxygens (including phenoxy) is 6. The first kappa shape index (κ1) is 34.2. The number of hydrogen-bond donors (Lipinski definition) is 0. The number of Topliss-reactive ketones (excluding diaryl/α,β-unsaturated/α-hetero) is 1. The van der Waals surface area contributed by atoms with Gasteiger partial charge in [0.1, 0.15) is 6.61 Å². The van der Waals surface area contributed by atoms with Crippen molar-refractivity contribution < 1.29 is 57.2 Å². The largest absolute Gasteiger partial charge is 0.467 e. The minimum Gasteiger partial charge on any atom is -0.467 e. The maximum atomic E-state index is 13.9. The van der Waals surface area contributed by atoms with Crippen molar-refractivity contribution in [1.82, 2.24) is 0 Å². The van der Waals surface area contributed by atoms with Crippen molar-refractivity contribution in [1.29, 1.82) is 0 Å². The van der Waals surface area contributed by atoms with Crippen molar-refractivity contribution in [2.24, 2.45) is 34.5 Å². The van der Waals surface area contributed by atoms with E-state index < -0.39 is 61.2 Å². The van der Waals surface area contributed by atoms with Gasteiger partial charge < -0.3 is 28.4 Å². The number of methoxy groups -OCH3 is 1. The first-order chi connectivity index (χ1) is 21.7. The van der Waals surface area contributed by atoms with E-state index >= 15 is 0 Å². The van der Waals surface area contributed by atoms with Crippen LogP contribution in [0.2, 0.25) is 0 Å². The highest BCUT2D eigenvalue weighted by Crippen LogP contribution is 2.66. The van der Waals surface area contributed by atoms with Gasteiger partial charge in [-0.25, -0.2) is 4.79 Å². The molecule has 3 saturated carbocycles. The molecule has 0 unspecified atom stereocenters. The summed E-state index contributed by atoms with van der Waals surface area (Å²) in [4.78, 5) is 75.0. The Kier molecular flexibility index (Phi) is 9.80. The van der Waals surface area contributed by atoms with Crippen LogP contribution in [0.3, 0.4) is 0 Å². The Balaban J connectivity index is 1.33. The molecule has 254 valence electrons. The topological polar surface area (TPSA) is 158 Å². The molecule has 1 saturated heterocycles. The average Bonchev–Trinajstić information content (AvgIpc) is 3.34. The molecule has 1 aliphatic heterocycles. The summed E-state index contributed by atoms with van der Waals surface area (Å²) in [5, 5.41) is 0. The highest BCUT2D eigenvalue weighted by atomic mass is 16.7. The second-order valence-electron chi connectivity index (χ2n) is 14.1. The number of rotatable bonds is 8. The van der Waals surface area contributed by atoms with Gasteiger partial charge in [-0.2, -0.15) is 0 Å². The molecular formula is C34H46O12. The van der Waals surface area contributed by atoms with Crippen molar-refractivity contribution in [2.75, 3.05) is 13.7 Å². The SMILES string of the molecule is COC(=O)[C@@H]1O[C@H](OCC(=O)[C@@H]2CC[C@@H]3[C@H]4CCC5=CC(=O)CC[C@]5(C)[C@@H]4CC[C@@]32C)[C@@H](OC(C)=O)[C@H](OC(C)=O)[C@H]1OC(C)=O. The maximum Gasteiger partial charge on any atom is 0.339 e. The lowest BCUT2D eigenvalue weighted by Gasteiger charge is -2.58. The molecule has 0 spiro atoms. The van der Waals surface area contributed by atoms with Gasteiger partial charge in [-0.05, 0) is 79.6 Å². The standard InChI is InChI=1S/C34H46O12/c1-17(35)43-27-28(44-18(2)36)30(45-19(3)37)32(46-29(27)31(40)41-6)42-16-26(39)25-10-9-23-22-8-7-20-15-21(38)11-13-33(20,4)24(22)12-14-34(23,25)5/h15,22-25,27-30,32H,7-14,16H2,1-6H3/t22-,23-,24-,25+,27-,28-,29-,30+,32+,33+,34+/m1/s1. The summed E-state index contributed by atoms with van der Waals surface area (Å²) in [6, 6.07) is 0. The molecule has 0 amide bonds. The van der Waals surface area contributed by atoms with E-state index in [1.54, 1.807) is 0 Å². The lowest BCUT2D eigenvalue weighted by Crippen LogP contribution is -2.64. The van der Waals surface area contributed by atoms with Crippen LogP contribution in [-0.2, 0) is 57.2 Å². The van der Waals surface area contributed by atoms with E-state index in [0.29, 0.717) is 24.2 Å². The molecule has 0 radical (unpaired) electrons. The third-order valence-electron chi connectivity index (χ3n) is 11.6. The molecule has 5 rings (SSSR count).